The third-order valence-corrected chi connectivity index (χ3v) is 11.4. The molecule has 0 N–H and O–H groups in total. The average Bonchev–Trinajstić information content (AvgIpc) is 3.13. The monoisotopic (exact) mass is 719 g/mol. The number of rotatable bonds is 7. The Kier molecular flexibility index (Phi) is 16.7. The first-order chi connectivity index (χ1) is 21.8. The molecule has 6 rings (SSSR count). The number of nitroso groups, excluding NO2 is 1. The molecule has 7 heteroatoms. The maximum Gasteiger partial charge on any atom is 0.281 e. The molecule has 6 aromatic rings. The molecular formula is C37H30ClNO2P2Ru. The van der Waals surface area contributed by atoms with Crippen molar-refractivity contribution >= 4 is 64.2 Å². The minimum atomic E-state index is -0.719. The number of hydrogen-bond donors (Lipinski definition) is 0. The van der Waals surface area contributed by atoms with Crippen LogP contribution in [0, 0.1) is 4.91 Å². The third-order valence-electron chi connectivity index (χ3n) is 6.11. The molecule has 220 valence electrons. The van der Waals surface area contributed by atoms with Gasteiger partial charge < -0.3 is 0 Å². The fourth-order valence-electron chi connectivity index (χ4n) is 4.36. The van der Waals surface area contributed by atoms with Crippen LogP contribution in [0.15, 0.2) is 186 Å². The summed E-state index contributed by atoms with van der Waals surface area (Å²) in [6.45, 7) is 4.50. The quantitative estimate of drug-likeness (QED) is 0.0982. The van der Waals surface area contributed by atoms with Crippen molar-refractivity contribution in [2.75, 3.05) is 0 Å². The summed E-state index contributed by atoms with van der Waals surface area (Å²) in [6.07, 6.45) is 0. The fourth-order valence-corrected chi connectivity index (χ4v) is 8.97. The molecule has 0 atom stereocenters. The molecular weight excluding hydrogens is 689 g/mol. The van der Waals surface area contributed by atoms with Gasteiger partial charge in [0.2, 0.25) is 0 Å². The first-order valence-electron chi connectivity index (χ1n) is 13.5. The Hall–Kier alpha value is -3.64. The Morgan fingerprint density at radius 2 is 0.523 bits per heavy atom. The van der Waals surface area contributed by atoms with E-state index >= 15 is 0 Å². The SMILES string of the molecule is O=[N][Ru][Cl].[C]=O.c1ccc(P(c2ccccc2)c2ccccc2)cc1.c1ccc(P(c2ccccc2)c2ccccc2)cc1. The smallest absolute Gasteiger partial charge is 0.281 e. The predicted molar refractivity (Wildman–Crippen MR) is 188 cm³/mol. The molecule has 0 fully saturated rings. The summed E-state index contributed by atoms with van der Waals surface area (Å²) in [5.41, 5.74) is 0. The van der Waals surface area contributed by atoms with E-state index in [0.717, 1.165) is 0 Å². The van der Waals surface area contributed by atoms with Gasteiger partial charge in [0.15, 0.2) is 0 Å². The minimum absolute atomic E-state index is 0.446. The second-order valence-corrected chi connectivity index (χ2v) is 14.6. The van der Waals surface area contributed by atoms with Crippen LogP contribution >= 0.6 is 25.5 Å². The number of carbonyl (C=O) groups excluding carboxylic acids is 1. The van der Waals surface area contributed by atoms with Crippen LogP contribution in [0.25, 0.3) is 0 Å². The summed E-state index contributed by atoms with van der Waals surface area (Å²) in [4.78, 5) is 16.3. The molecule has 0 bridgehead atoms. The van der Waals surface area contributed by atoms with Crippen molar-refractivity contribution < 1.29 is 21.2 Å². The second-order valence-electron chi connectivity index (χ2n) is 8.81. The molecule has 6 aromatic carbocycles. The van der Waals surface area contributed by atoms with Gasteiger partial charge in [0.05, 0.1) is 0 Å². The van der Waals surface area contributed by atoms with Gasteiger partial charge in [-0.15, -0.1) is 0 Å². The van der Waals surface area contributed by atoms with Gasteiger partial charge >= 0.3 is 34.9 Å². The van der Waals surface area contributed by atoms with E-state index in [0.29, 0.717) is 0 Å². The van der Waals surface area contributed by atoms with Crippen molar-refractivity contribution in [1.82, 2.24) is 0 Å². The van der Waals surface area contributed by atoms with Crippen LogP contribution in [-0.2, 0) is 21.2 Å². The van der Waals surface area contributed by atoms with Crippen molar-refractivity contribution in [3.8, 4) is 0 Å². The van der Waals surface area contributed by atoms with Crippen molar-refractivity contribution in [3.63, 3.8) is 0 Å². The van der Waals surface area contributed by atoms with Crippen molar-refractivity contribution in [2.45, 2.75) is 0 Å². The fraction of sp³-hybridized carbons (Fsp3) is 0. The molecule has 0 aliphatic rings. The molecule has 0 amide bonds. The molecule has 0 heterocycles. The number of halogens is 1. The van der Waals surface area contributed by atoms with Gasteiger partial charge in [0.25, 0.3) is 6.79 Å². The first-order valence-corrected chi connectivity index (χ1v) is 19.2. The maximum absolute atomic E-state index is 8.83. The van der Waals surface area contributed by atoms with Crippen LogP contribution in [0.3, 0.4) is 0 Å². The van der Waals surface area contributed by atoms with E-state index < -0.39 is 32.2 Å². The van der Waals surface area contributed by atoms with Gasteiger partial charge in [-0.2, -0.15) is 0 Å². The van der Waals surface area contributed by atoms with E-state index in [2.05, 4.69) is 193 Å². The van der Waals surface area contributed by atoms with Crippen LogP contribution in [-0.4, -0.2) is 6.79 Å². The van der Waals surface area contributed by atoms with E-state index in [4.69, 9.17) is 19.4 Å². The summed E-state index contributed by atoms with van der Waals surface area (Å²) in [5.74, 6) is 0. The Morgan fingerprint density at radius 1 is 0.386 bits per heavy atom. The van der Waals surface area contributed by atoms with Gasteiger partial charge in [-0.3, -0.25) is 4.79 Å². The van der Waals surface area contributed by atoms with Gasteiger partial charge in [0.1, 0.15) is 0 Å². The van der Waals surface area contributed by atoms with Gasteiger partial charge in [-0.05, 0) is 47.7 Å². The second kappa shape index (κ2) is 21.1. The number of nitrogens with zero attached hydrogens (tertiary/aromatic N) is 1. The van der Waals surface area contributed by atoms with Crippen LogP contribution in [0.1, 0.15) is 0 Å². The normalized spacial score (nSPS) is 9.89. The summed E-state index contributed by atoms with van der Waals surface area (Å²) < 4.78 is 2.34. The van der Waals surface area contributed by atoms with Crippen LogP contribution < -0.4 is 31.8 Å². The molecule has 0 aromatic heterocycles. The third kappa shape index (κ3) is 11.1. The minimum Gasteiger partial charge on any atom is -0.281 e. The molecule has 0 aliphatic heterocycles. The Balaban J connectivity index is 0.000000205. The molecule has 0 unspecified atom stereocenters. The van der Waals surface area contributed by atoms with Crippen LogP contribution in [0.5, 0.6) is 0 Å². The van der Waals surface area contributed by atoms with Crippen molar-refractivity contribution in [1.29, 1.82) is 0 Å². The van der Waals surface area contributed by atoms with Gasteiger partial charge in [-0.1, -0.05) is 182 Å². The molecule has 3 nitrogen and oxygen atoms in total. The zero-order chi connectivity index (χ0) is 31.2. The standard InChI is InChI=1S/2C18H15P.CO.ClH.NO.Ru/c2*1-4-10-16(11-5-1)19(17-12-6-2-7-13-17)18-14-8-3-9-15-18;1-2;;1-2;/h2*1-15H;;1H;;/q;;;;-1;+2/p-1. The van der Waals surface area contributed by atoms with E-state index in [-0.39, 0.29) is 0 Å². The zero-order valence-corrected chi connectivity index (χ0v) is 28.0. The largest absolute Gasteiger partial charge is 0.281 e. The van der Waals surface area contributed by atoms with E-state index in [9.17, 15) is 0 Å². The summed E-state index contributed by atoms with van der Waals surface area (Å²) in [5, 5.41) is 8.39. The van der Waals surface area contributed by atoms with Crippen molar-refractivity contribution in [3.05, 3.63) is 187 Å². The zero-order valence-electron chi connectivity index (χ0n) is 23.7. The average molecular weight is 719 g/mol. The Labute approximate surface area is 274 Å². The number of hydrogen-bond acceptors (Lipinski definition) is 3. The predicted octanol–water partition coefficient (Wildman–Crippen LogP) is 7.40. The molecule has 2 radical (unpaired) electrons. The van der Waals surface area contributed by atoms with Crippen LogP contribution in [0.2, 0.25) is 0 Å². The molecule has 0 saturated carbocycles. The van der Waals surface area contributed by atoms with E-state index in [1.807, 2.05) is 0 Å². The Bertz CT molecular complexity index is 1280. The topological polar surface area (TPSA) is 46.5 Å². The van der Waals surface area contributed by atoms with Gasteiger partial charge in [0, 0.05) is 0 Å². The summed E-state index contributed by atoms with van der Waals surface area (Å²) in [7, 11) is 3.90. The molecule has 0 saturated heterocycles. The number of benzene rings is 6. The van der Waals surface area contributed by atoms with Crippen LogP contribution in [0.4, 0.5) is 0 Å². The van der Waals surface area contributed by atoms with E-state index in [1.165, 1.54) is 31.8 Å². The van der Waals surface area contributed by atoms with Gasteiger partial charge in [-0.25, -0.2) is 0 Å². The van der Waals surface area contributed by atoms with Crippen molar-refractivity contribution in [2.24, 2.45) is 3.92 Å². The first kappa shape index (κ1) is 34.8. The molecule has 0 aliphatic carbocycles. The maximum atomic E-state index is 8.83. The molecule has 44 heavy (non-hydrogen) atoms. The summed E-state index contributed by atoms with van der Waals surface area (Å²) in [6, 6.07) is 64.7. The Morgan fingerprint density at radius 3 is 0.636 bits per heavy atom. The van der Waals surface area contributed by atoms with E-state index in [1.54, 1.807) is 0 Å². The molecule has 0 spiro atoms. The summed E-state index contributed by atoms with van der Waals surface area (Å²) >= 11 is -0.719.